The Hall–Kier alpha value is -2.51. The smallest absolute Gasteiger partial charge is 0.243 e. The summed E-state index contributed by atoms with van der Waals surface area (Å²) in [5, 5.41) is 12.1. The number of hydrogen-bond donors (Lipinski definition) is 1. The van der Waals surface area contributed by atoms with Crippen LogP contribution in [0.25, 0.3) is 0 Å². The Morgan fingerprint density at radius 3 is 2.15 bits per heavy atom. The second-order valence-electron chi connectivity index (χ2n) is 9.52. The minimum absolute atomic E-state index is 0.0583. The molecule has 0 saturated carbocycles. The van der Waals surface area contributed by atoms with Gasteiger partial charge in [0.05, 0.1) is 4.90 Å². The molecule has 2 aliphatic heterocycles. The van der Waals surface area contributed by atoms with Gasteiger partial charge in [-0.05, 0) is 42.6 Å². The monoisotopic (exact) mass is 476 g/mol. The van der Waals surface area contributed by atoms with E-state index in [0.717, 1.165) is 24.9 Å². The lowest BCUT2D eigenvalue weighted by molar-refractivity contribution is -0.0130. The predicted octanol–water partition coefficient (Wildman–Crippen LogP) is 4.42. The molecule has 5 nitrogen and oxygen atoms in total. The van der Waals surface area contributed by atoms with Gasteiger partial charge in [0.2, 0.25) is 10.0 Å². The summed E-state index contributed by atoms with van der Waals surface area (Å²) in [5.41, 5.74) is 0.818. The fraction of sp³-hybridized carbons (Fsp3) is 0.357. The van der Waals surface area contributed by atoms with Crippen LogP contribution in [0.3, 0.4) is 0 Å². The molecule has 5 rings (SSSR count). The highest BCUT2D eigenvalue weighted by atomic mass is 32.2. The van der Waals surface area contributed by atoms with Crippen molar-refractivity contribution in [2.24, 2.45) is 5.92 Å². The van der Waals surface area contributed by atoms with Crippen LogP contribution < -0.4 is 0 Å². The van der Waals surface area contributed by atoms with Crippen LogP contribution in [0.15, 0.2) is 95.9 Å². The van der Waals surface area contributed by atoms with Gasteiger partial charge >= 0.3 is 0 Å². The van der Waals surface area contributed by atoms with Crippen molar-refractivity contribution in [2.75, 3.05) is 26.2 Å². The zero-order chi connectivity index (χ0) is 23.6. The van der Waals surface area contributed by atoms with Gasteiger partial charge in [-0.3, -0.25) is 4.90 Å². The van der Waals surface area contributed by atoms with E-state index < -0.39 is 15.6 Å². The average molecular weight is 477 g/mol. The number of sulfonamides is 1. The number of nitrogens with zero attached hydrogens (tertiary/aromatic N) is 2. The highest BCUT2D eigenvalue weighted by molar-refractivity contribution is 7.89. The van der Waals surface area contributed by atoms with Gasteiger partial charge in [0.15, 0.2) is 0 Å². The number of β-amino-alcohol motifs (C(OH)–C–C–N with tert-alkyl or cyclic N) is 1. The first-order valence-electron chi connectivity index (χ1n) is 12.1. The maximum Gasteiger partial charge on any atom is 0.243 e. The first-order chi connectivity index (χ1) is 16.5. The van der Waals surface area contributed by atoms with Crippen molar-refractivity contribution >= 4 is 10.0 Å². The highest BCUT2D eigenvalue weighted by Crippen LogP contribution is 2.42. The Morgan fingerprint density at radius 1 is 0.853 bits per heavy atom. The minimum Gasteiger partial charge on any atom is -0.383 e. The molecule has 3 aromatic rings. The van der Waals surface area contributed by atoms with Crippen LogP contribution in [0.5, 0.6) is 0 Å². The average Bonchev–Trinajstić information content (AvgIpc) is 3.24. The molecule has 178 valence electrons. The number of hydrogen-bond acceptors (Lipinski definition) is 4. The normalized spacial score (nSPS) is 26.5. The minimum atomic E-state index is -3.70. The molecule has 0 bridgehead atoms. The number of benzene rings is 3. The molecule has 0 radical (unpaired) electrons. The van der Waals surface area contributed by atoms with Crippen molar-refractivity contribution in [2.45, 2.75) is 35.8 Å². The van der Waals surface area contributed by atoms with Gasteiger partial charge in [0.25, 0.3) is 0 Å². The summed E-state index contributed by atoms with van der Waals surface area (Å²) in [6, 6.07) is 28.9. The SMILES string of the molecule is O=S(=O)(c1ccccc1)N1CC(CN2CCCCC2c2ccccc2)C(O)(c2ccccc2)C1. The number of likely N-dealkylation sites (tertiary alicyclic amines) is 1. The van der Waals surface area contributed by atoms with Gasteiger partial charge in [-0.1, -0.05) is 85.3 Å². The van der Waals surface area contributed by atoms with E-state index in [-0.39, 0.29) is 23.4 Å². The molecule has 2 aliphatic rings. The first kappa shape index (κ1) is 23.2. The zero-order valence-electron chi connectivity index (χ0n) is 19.3. The lowest BCUT2D eigenvalue weighted by Gasteiger charge is -2.40. The molecule has 3 aromatic carbocycles. The van der Waals surface area contributed by atoms with Crippen molar-refractivity contribution in [3.05, 3.63) is 102 Å². The highest BCUT2D eigenvalue weighted by Gasteiger charge is 2.51. The summed E-state index contributed by atoms with van der Waals surface area (Å²) < 4.78 is 28.4. The number of rotatable bonds is 6. The third-order valence-electron chi connectivity index (χ3n) is 7.42. The number of piperidine rings is 1. The van der Waals surface area contributed by atoms with E-state index in [0.29, 0.717) is 13.1 Å². The standard InChI is InChI=1S/C28H32N2O3S/c31-28(24-14-6-2-7-15-24)22-30(34(32,33)26-16-8-3-9-17-26)21-25(28)20-29-19-11-10-18-27(29)23-12-4-1-5-13-23/h1-9,12-17,25,27,31H,10-11,18-22H2. The molecular formula is C28H32N2O3S. The molecule has 1 N–H and O–H groups in total. The second-order valence-corrected chi connectivity index (χ2v) is 11.5. The fourth-order valence-electron chi connectivity index (χ4n) is 5.59. The lowest BCUT2D eigenvalue weighted by Crippen LogP contribution is -2.44. The van der Waals surface area contributed by atoms with Crippen molar-refractivity contribution in [1.29, 1.82) is 0 Å². The topological polar surface area (TPSA) is 60.9 Å². The molecule has 0 spiro atoms. The van der Waals surface area contributed by atoms with Gasteiger partial charge in [-0.25, -0.2) is 8.42 Å². The molecular weight excluding hydrogens is 444 g/mol. The molecule has 2 heterocycles. The van der Waals surface area contributed by atoms with Gasteiger partial charge in [0.1, 0.15) is 5.60 Å². The Bertz CT molecular complexity index is 1190. The molecule has 34 heavy (non-hydrogen) atoms. The predicted molar refractivity (Wildman–Crippen MR) is 134 cm³/mol. The molecule has 2 fully saturated rings. The largest absolute Gasteiger partial charge is 0.383 e. The van der Waals surface area contributed by atoms with Crippen LogP contribution in [0.2, 0.25) is 0 Å². The maximum atomic E-state index is 13.5. The Balaban J connectivity index is 1.47. The van der Waals surface area contributed by atoms with E-state index in [1.165, 1.54) is 16.3 Å². The Labute approximate surface area is 202 Å². The second kappa shape index (κ2) is 9.62. The van der Waals surface area contributed by atoms with E-state index in [1.54, 1.807) is 24.3 Å². The van der Waals surface area contributed by atoms with Crippen LogP contribution in [0.4, 0.5) is 0 Å². The molecule has 3 unspecified atom stereocenters. The van der Waals surface area contributed by atoms with E-state index in [2.05, 4.69) is 29.2 Å². The quantitative estimate of drug-likeness (QED) is 0.572. The molecule has 0 amide bonds. The van der Waals surface area contributed by atoms with Gasteiger partial charge in [-0.2, -0.15) is 4.31 Å². The first-order valence-corrected chi connectivity index (χ1v) is 13.5. The van der Waals surface area contributed by atoms with Gasteiger partial charge in [-0.15, -0.1) is 0 Å². The van der Waals surface area contributed by atoms with E-state index in [4.69, 9.17) is 0 Å². The Kier molecular flexibility index (Phi) is 6.58. The summed E-state index contributed by atoms with van der Waals surface area (Å²) in [5.74, 6) is -0.238. The molecule has 6 heteroatoms. The third kappa shape index (κ3) is 4.43. The van der Waals surface area contributed by atoms with Gasteiger partial charge in [0, 0.05) is 31.6 Å². The van der Waals surface area contributed by atoms with Crippen molar-refractivity contribution in [3.63, 3.8) is 0 Å². The summed E-state index contributed by atoms with van der Waals surface area (Å²) in [4.78, 5) is 2.72. The van der Waals surface area contributed by atoms with Crippen LogP contribution >= 0.6 is 0 Å². The van der Waals surface area contributed by atoms with Gasteiger partial charge < -0.3 is 5.11 Å². The van der Waals surface area contributed by atoms with E-state index >= 15 is 0 Å². The van der Waals surface area contributed by atoms with E-state index in [1.807, 2.05) is 42.5 Å². The summed E-state index contributed by atoms with van der Waals surface area (Å²) >= 11 is 0. The van der Waals surface area contributed by atoms with Crippen molar-refractivity contribution < 1.29 is 13.5 Å². The zero-order valence-corrected chi connectivity index (χ0v) is 20.1. The Morgan fingerprint density at radius 2 is 1.47 bits per heavy atom. The molecule has 0 aromatic heterocycles. The van der Waals surface area contributed by atoms with Crippen LogP contribution in [-0.2, 0) is 15.6 Å². The molecule has 2 saturated heterocycles. The molecule has 0 aliphatic carbocycles. The number of aliphatic hydroxyl groups is 1. The van der Waals surface area contributed by atoms with Crippen LogP contribution in [0.1, 0.15) is 36.4 Å². The lowest BCUT2D eigenvalue weighted by atomic mass is 9.82. The summed E-state index contributed by atoms with van der Waals surface area (Å²) in [7, 11) is -3.70. The summed E-state index contributed by atoms with van der Waals surface area (Å²) in [6.45, 7) is 1.95. The van der Waals surface area contributed by atoms with Crippen LogP contribution in [0, 0.1) is 5.92 Å². The van der Waals surface area contributed by atoms with Crippen LogP contribution in [-0.4, -0.2) is 48.9 Å². The maximum absolute atomic E-state index is 13.5. The van der Waals surface area contributed by atoms with Crippen molar-refractivity contribution in [1.82, 2.24) is 9.21 Å². The van der Waals surface area contributed by atoms with E-state index in [9.17, 15) is 13.5 Å². The summed E-state index contributed by atoms with van der Waals surface area (Å²) in [6.07, 6.45) is 3.37. The third-order valence-corrected chi connectivity index (χ3v) is 9.25. The molecule has 3 atom stereocenters. The fourth-order valence-corrected chi connectivity index (χ4v) is 7.13. The van der Waals surface area contributed by atoms with Crippen molar-refractivity contribution in [3.8, 4) is 0 Å².